The van der Waals surface area contributed by atoms with Crippen molar-refractivity contribution in [2.45, 2.75) is 41.0 Å². The van der Waals surface area contributed by atoms with E-state index in [4.69, 9.17) is 4.74 Å². The van der Waals surface area contributed by atoms with E-state index in [9.17, 15) is 9.59 Å². The van der Waals surface area contributed by atoms with Crippen molar-refractivity contribution in [2.24, 2.45) is 5.41 Å². The van der Waals surface area contributed by atoms with Crippen molar-refractivity contribution in [3.63, 3.8) is 0 Å². The van der Waals surface area contributed by atoms with Gasteiger partial charge in [0.2, 0.25) is 0 Å². The molecule has 0 saturated carbocycles. The molecule has 106 valence electrons. The number of carbonyl (C=O) groups excluding carboxylic acids is 2. The quantitative estimate of drug-likeness (QED) is 0.563. The molecule has 0 aromatic heterocycles. The number of hydrogen-bond acceptors (Lipinski definition) is 3. The molecule has 0 aliphatic heterocycles. The topological polar surface area (TPSA) is 43.4 Å². The Morgan fingerprint density at radius 3 is 2.53 bits per heavy atom. The van der Waals surface area contributed by atoms with E-state index in [-0.39, 0.29) is 11.8 Å². The Morgan fingerprint density at radius 1 is 1.47 bits per heavy atom. The maximum atomic E-state index is 12.1. The van der Waals surface area contributed by atoms with Gasteiger partial charge in [-0.1, -0.05) is 0 Å². The summed E-state index contributed by atoms with van der Waals surface area (Å²) in [6, 6.07) is 0. The van der Waals surface area contributed by atoms with Crippen LogP contribution < -0.4 is 0 Å². The average Bonchev–Trinajstić information content (AvgIpc) is 2.36. The summed E-state index contributed by atoms with van der Waals surface area (Å²) in [4.78, 5) is 30.4. The second-order valence-electron chi connectivity index (χ2n) is 6.29. The first-order valence-corrected chi connectivity index (χ1v) is 16.7. The summed E-state index contributed by atoms with van der Waals surface area (Å²) in [5.41, 5.74) is -0.638. The van der Waals surface area contributed by atoms with E-state index < -0.39 is 23.8 Å². The molecule has 0 heterocycles. The maximum absolute atomic E-state index is 12.1. The fraction of sp³-hybridized carbons (Fsp3) is 0.600. The Balaban J connectivity index is 2.98. The van der Waals surface area contributed by atoms with E-state index in [0.29, 0.717) is 19.3 Å². The molecule has 1 atom stereocenters. The molecule has 0 aromatic carbocycles. The third kappa shape index (κ3) is 4.20. The summed E-state index contributed by atoms with van der Waals surface area (Å²) in [5.74, 6) is -0.139. The van der Waals surface area contributed by atoms with Crippen molar-refractivity contribution in [1.29, 1.82) is 0 Å². The molecule has 0 bridgehead atoms. The van der Waals surface area contributed by atoms with Gasteiger partial charge in [-0.25, -0.2) is 0 Å². The summed E-state index contributed by atoms with van der Waals surface area (Å²) >= 11 is -2.04. The number of esters is 1. The molecule has 1 aliphatic carbocycles. The number of rotatable bonds is 4. The van der Waals surface area contributed by atoms with E-state index in [1.54, 1.807) is 6.08 Å². The number of carbonyl (C=O) groups is 2. The number of methoxy groups -OCH3 is 1. The second-order valence-corrected chi connectivity index (χ2v) is 21.4. The molecular weight excluding hydrogens is 347 g/mol. The third-order valence-corrected chi connectivity index (χ3v) is 11.3. The van der Waals surface area contributed by atoms with Crippen molar-refractivity contribution in [3.05, 3.63) is 21.8 Å². The summed E-state index contributed by atoms with van der Waals surface area (Å²) in [5, 5.41) is 0. The standard InChI is InChI=1S/C12H15O3.3CH3.Sn/c1-3-4-7-12(11(14)15-2)8-5-10(13)6-9-12;;;;/h4-5,8H,6-7,9H2,1-2H3;3*1H3;. The molecule has 1 unspecified atom stereocenters. The zero-order valence-corrected chi connectivity index (χ0v) is 15.4. The summed E-state index contributed by atoms with van der Waals surface area (Å²) in [6.45, 7) is 2.17. The Bertz CT molecular complexity index is 429. The van der Waals surface area contributed by atoms with Gasteiger partial charge in [0, 0.05) is 0 Å². The first kappa shape index (κ1) is 16.5. The fourth-order valence-electron chi connectivity index (χ4n) is 2.03. The van der Waals surface area contributed by atoms with Crippen LogP contribution in [0.2, 0.25) is 14.8 Å². The van der Waals surface area contributed by atoms with Crippen LogP contribution in [0.3, 0.4) is 0 Å². The predicted molar refractivity (Wildman–Crippen MR) is 79.6 cm³/mol. The van der Waals surface area contributed by atoms with Crippen LogP contribution >= 0.6 is 0 Å². The molecule has 0 saturated heterocycles. The molecule has 0 aromatic rings. The van der Waals surface area contributed by atoms with E-state index in [2.05, 4.69) is 27.8 Å². The Labute approximate surface area is 120 Å². The predicted octanol–water partition coefficient (Wildman–Crippen LogP) is 3.28. The van der Waals surface area contributed by atoms with E-state index in [1.165, 1.54) is 16.8 Å². The zero-order chi connectivity index (χ0) is 14.7. The first-order chi connectivity index (χ1) is 8.71. The molecular formula is C15H24O3Sn. The Hall–Kier alpha value is -0.581. The molecule has 0 fully saturated rings. The van der Waals surface area contributed by atoms with Gasteiger partial charge in [0.1, 0.15) is 0 Å². The van der Waals surface area contributed by atoms with Crippen molar-refractivity contribution < 1.29 is 14.3 Å². The van der Waals surface area contributed by atoms with E-state index >= 15 is 0 Å². The molecule has 4 heteroatoms. The number of ketones is 1. The first-order valence-electron chi connectivity index (χ1n) is 6.69. The fourth-order valence-corrected chi connectivity index (χ4v) is 4.07. The minimum absolute atomic E-state index is 0.0928. The van der Waals surface area contributed by atoms with Crippen LogP contribution in [0.5, 0.6) is 0 Å². The summed E-state index contributed by atoms with van der Waals surface area (Å²) in [7, 11) is 1.41. The van der Waals surface area contributed by atoms with Crippen LogP contribution in [-0.2, 0) is 14.3 Å². The molecule has 0 spiro atoms. The van der Waals surface area contributed by atoms with Crippen LogP contribution in [0.4, 0.5) is 0 Å². The number of hydrogen-bond donors (Lipinski definition) is 0. The third-order valence-electron chi connectivity index (χ3n) is 3.95. The van der Waals surface area contributed by atoms with Crippen LogP contribution in [0.15, 0.2) is 21.8 Å². The molecule has 0 N–H and O–H groups in total. The van der Waals surface area contributed by atoms with Crippen LogP contribution in [0, 0.1) is 5.41 Å². The molecule has 1 aliphatic rings. The SMILES string of the molecule is COC(=O)C1(C/C=[C](/C)[Sn]([CH3])([CH3])[CH3])C=CC(=O)CC1. The number of allylic oxidation sites excluding steroid dienone is 3. The van der Waals surface area contributed by atoms with E-state index in [1.807, 2.05) is 0 Å². The Kier molecular flexibility index (Phi) is 5.42. The van der Waals surface area contributed by atoms with Crippen molar-refractivity contribution in [1.82, 2.24) is 0 Å². The van der Waals surface area contributed by atoms with Gasteiger partial charge in [-0.15, -0.1) is 0 Å². The van der Waals surface area contributed by atoms with Crippen LogP contribution in [0.25, 0.3) is 0 Å². The van der Waals surface area contributed by atoms with Gasteiger partial charge in [-0.05, 0) is 0 Å². The molecule has 0 radical (unpaired) electrons. The molecule has 0 amide bonds. The average molecular weight is 371 g/mol. The van der Waals surface area contributed by atoms with Gasteiger partial charge in [0.05, 0.1) is 0 Å². The summed E-state index contributed by atoms with van der Waals surface area (Å²) in [6.07, 6.45) is 7.09. The van der Waals surface area contributed by atoms with Gasteiger partial charge < -0.3 is 0 Å². The second kappa shape index (κ2) is 6.25. The zero-order valence-electron chi connectivity index (χ0n) is 12.6. The Morgan fingerprint density at radius 2 is 2.11 bits per heavy atom. The summed E-state index contributed by atoms with van der Waals surface area (Å²) < 4.78 is 6.38. The van der Waals surface area contributed by atoms with Crippen molar-refractivity contribution >= 4 is 30.1 Å². The normalized spacial score (nSPS) is 24.5. The van der Waals surface area contributed by atoms with Gasteiger partial charge in [0.15, 0.2) is 0 Å². The minimum atomic E-state index is -2.04. The van der Waals surface area contributed by atoms with Gasteiger partial charge in [0.25, 0.3) is 0 Å². The molecule has 1 rings (SSSR count). The van der Waals surface area contributed by atoms with Crippen molar-refractivity contribution in [2.75, 3.05) is 7.11 Å². The monoisotopic (exact) mass is 372 g/mol. The van der Waals surface area contributed by atoms with Crippen LogP contribution in [0.1, 0.15) is 26.2 Å². The van der Waals surface area contributed by atoms with Gasteiger partial charge in [-0.3, -0.25) is 0 Å². The van der Waals surface area contributed by atoms with Crippen LogP contribution in [-0.4, -0.2) is 37.2 Å². The number of ether oxygens (including phenoxy) is 1. The molecule has 3 nitrogen and oxygen atoms in total. The van der Waals surface area contributed by atoms with Gasteiger partial charge in [-0.2, -0.15) is 0 Å². The van der Waals surface area contributed by atoms with Gasteiger partial charge >= 0.3 is 120 Å². The van der Waals surface area contributed by atoms with Crippen molar-refractivity contribution in [3.8, 4) is 0 Å². The van der Waals surface area contributed by atoms with E-state index in [0.717, 1.165) is 0 Å². The molecule has 19 heavy (non-hydrogen) atoms.